The molecule has 0 spiro atoms. The Balaban J connectivity index is 1.47. The number of piperidine rings is 1. The van der Waals surface area contributed by atoms with Crippen LogP contribution in [0.3, 0.4) is 0 Å². The van der Waals surface area contributed by atoms with Crippen molar-refractivity contribution < 1.29 is 0 Å². The van der Waals surface area contributed by atoms with Crippen LogP contribution in [0.2, 0.25) is 0 Å². The number of rotatable bonds is 6. The van der Waals surface area contributed by atoms with E-state index < -0.39 is 0 Å². The Morgan fingerprint density at radius 1 is 1.14 bits per heavy atom. The quantitative estimate of drug-likeness (QED) is 0.823. The molecule has 0 aromatic carbocycles. The van der Waals surface area contributed by atoms with Crippen molar-refractivity contribution in [1.82, 2.24) is 24.5 Å². The first-order valence-electron chi connectivity index (χ1n) is 8.55. The van der Waals surface area contributed by atoms with Gasteiger partial charge in [0, 0.05) is 44.1 Å². The van der Waals surface area contributed by atoms with Crippen LogP contribution in [0.5, 0.6) is 0 Å². The summed E-state index contributed by atoms with van der Waals surface area (Å²) in [4.78, 5) is 2.59. The minimum atomic E-state index is 0.692. The van der Waals surface area contributed by atoms with E-state index in [0.29, 0.717) is 5.92 Å². The van der Waals surface area contributed by atoms with Crippen molar-refractivity contribution in [1.29, 1.82) is 0 Å². The van der Waals surface area contributed by atoms with E-state index in [4.69, 9.17) is 0 Å². The summed E-state index contributed by atoms with van der Waals surface area (Å²) < 4.78 is 4.14. The monoisotopic (exact) mass is 301 g/mol. The van der Waals surface area contributed by atoms with E-state index in [0.717, 1.165) is 26.1 Å². The van der Waals surface area contributed by atoms with Gasteiger partial charge in [0.05, 0.1) is 6.20 Å². The molecule has 1 aliphatic rings. The molecular weight excluding hydrogens is 274 g/mol. The highest BCUT2D eigenvalue weighted by Gasteiger charge is 2.21. The van der Waals surface area contributed by atoms with E-state index in [1.807, 2.05) is 10.9 Å². The van der Waals surface area contributed by atoms with Gasteiger partial charge in [-0.15, -0.1) is 0 Å². The fourth-order valence-corrected chi connectivity index (χ4v) is 3.38. The second kappa shape index (κ2) is 7.09. The van der Waals surface area contributed by atoms with Gasteiger partial charge < -0.3 is 4.90 Å². The largest absolute Gasteiger partial charge is 0.303 e. The molecule has 2 aromatic heterocycles. The third kappa shape index (κ3) is 3.40. The van der Waals surface area contributed by atoms with Crippen LogP contribution in [0.1, 0.15) is 43.9 Å². The number of hydrogen-bond donors (Lipinski definition) is 0. The summed E-state index contributed by atoms with van der Waals surface area (Å²) in [5.74, 6) is 0.692. The molecule has 2 aromatic rings. The van der Waals surface area contributed by atoms with Crippen molar-refractivity contribution in [3.8, 4) is 0 Å². The van der Waals surface area contributed by atoms with Gasteiger partial charge in [0.25, 0.3) is 0 Å². The van der Waals surface area contributed by atoms with Gasteiger partial charge in [0.1, 0.15) is 0 Å². The maximum atomic E-state index is 4.41. The lowest BCUT2D eigenvalue weighted by molar-refractivity contribution is 0.213. The Labute approximate surface area is 132 Å². The molecule has 0 unspecified atom stereocenters. The lowest BCUT2D eigenvalue weighted by atomic mass is 9.91. The van der Waals surface area contributed by atoms with Gasteiger partial charge >= 0.3 is 0 Å². The third-order valence-electron chi connectivity index (χ3n) is 4.82. The average Bonchev–Trinajstić information content (AvgIpc) is 3.22. The molecular formula is C17H27N5. The number of hydrogen-bond acceptors (Lipinski definition) is 3. The van der Waals surface area contributed by atoms with E-state index in [-0.39, 0.29) is 0 Å². The minimum absolute atomic E-state index is 0.692. The number of nitrogens with zero attached hydrogens (tertiary/aromatic N) is 5. The highest BCUT2D eigenvalue weighted by molar-refractivity contribution is 5.12. The molecule has 1 fully saturated rings. The van der Waals surface area contributed by atoms with E-state index >= 15 is 0 Å². The van der Waals surface area contributed by atoms with Crippen LogP contribution >= 0.6 is 0 Å². The fourth-order valence-electron chi connectivity index (χ4n) is 3.38. The number of aryl methyl sites for hydroxylation is 2. The summed E-state index contributed by atoms with van der Waals surface area (Å²) in [6.45, 7) is 9.76. The zero-order valence-corrected chi connectivity index (χ0v) is 13.8. The van der Waals surface area contributed by atoms with Crippen LogP contribution in [0.25, 0.3) is 0 Å². The standard InChI is InChI=1S/C17H27N5/c1-3-21-14-16(13-19-21)15-6-10-20(11-7-15)12-8-17-5-9-18-22(17)4-2/h5,9,13-15H,3-4,6-8,10-12H2,1-2H3. The molecule has 0 amide bonds. The maximum Gasteiger partial charge on any atom is 0.0524 e. The first-order chi connectivity index (χ1) is 10.8. The molecule has 1 aliphatic heterocycles. The molecule has 0 radical (unpaired) electrons. The van der Waals surface area contributed by atoms with Gasteiger partial charge in [-0.2, -0.15) is 10.2 Å². The lowest BCUT2D eigenvalue weighted by Crippen LogP contribution is -2.34. The number of aromatic nitrogens is 4. The first-order valence-corrected chi connectivity index (χ1v) is 8.55. The third-order valence-corrected chi connectivity index (χ3v) is 4.82. The molecule has 5 heteroatoms. The normalized spacial score (nSPS) is 17.2. The molecule has 0 atom stereocenters. The zero-order valence-electron chi connectivity index (χ0n) is 13.8. The second-order valence-electron chi connectivity index (χ2n) is 6.13. The molecule has 0 N–H and O–H groups in total. The van der Waals surface area contributed by atoms with Gasteiger partial charge in [-0.3, -0.25) is 9.36 Å². The highest BCUT2D eigenvalue weighted by Crippen LogP contribution is 2.27. The van der Waals surface area contributed by atoms with Crippen molar-refractivity contribution in [2.24, 2.45) is 0 Å². The smallest absolute Gasteiger partial charge is 0.0524 e. The van der Waals surface area contributed by atoms with E-state index in [2.05, 4.69) is 52.1 Å². The zero-order chi connectivity index (χ0) is 15.4. The van der Waals surface area contributed by atoms with Crippen LogP contribution < -0.4 is 0 Å². The Morgan fingerprint density at radius 2 is 1.95 bits per heavy atom. The summed E-state index contributed by atoms with van der Waals surface area (Å²) in [5.41, 5.74) is 2.78. The Kier molecular flexibility index (Phi) is 4.93. The van der Waals surface area contributed by atoms with Crippen molar-refractivity contribution >= 4 is 0 Å². The average molecular weight is 301 g/mol. The lowest BCUT2D eigenvalue weighted by Gasteiger charge is -2.31. The van der Waals surface area contributed by atoms with Crippen LogP contribution in [0.4, 0.5) is 0 Å². The Bertz CT molecular complexity index is 577. The Hall–Kier alpha value is -1.62. The number of likely N-dealkylation sites (tertiary alicyclic amines) is 1. The van der Waals surface area contributed by atoms with Crippen LogP contribution in [-0.2, 0) is 19.5 Å². The highest BCUT2D eigenvalue weighted by atomic mass is 15.3. The Morgan fingerprint density at radius 3 is 2.64 bits per heavy atom. The molecule has 3 heterocycles. The minimum Gasteiger partial charge on any atom is -0.303 e. The SMILES string of the molecule is CCn1cc(C2CCN(CCc3ccnn3CC)CC2)cn1. The fraction of sp³-hybridized carbons (Fsp3) is 0.647. The maximum absolute atomic E-state index is 4.41. The molecule has 22 heavy (non-hydrogen) atoms. The van der Waals surface area contributed by atoms with Crippen molar-refractivity contribution in [2.45, 2.75) is 52.1 Å². The van der Waals surface area contributed by atoms with Crippen LogP contribution in [-0.4, -0.2) is 44.1 Å². The molecule has 0 aliphatic carbocycles. The summed E-state index contributed by atoms with van der Waals surface area (Å²) in [6, 6.07) is 2.15. The molecule has 0 saturated carbocycles. The topological polar surface area (TPSA) is 38.9 Å². The predicted octanol–water partition coefficient (Wildman–Crippen LogP) is 2.54. The summed E-state index contributed by atoms with van der Waals surface area (Å²) in [7, 11) is 0. The molecule has 0 bridgehead atoms. The molecule has 120 valence electrons. The molecule has 3 rings (SSSR count). The summed E-state index contributed by atoms with van der Waals surface area (Å²) in [6.07, 6.45) is 9.80. The van der Waals surface area contributed by atoms with Crippen molar-refractivity contribution in [3.05, 3.63) is 35.9 Å². The first kappa shape index (κ1) is 15.3. The second-order valence-corrected chi connectivity index (χ2v) is 6.13. The van der Waals surface area contributed by atoms with Crippen LogP contribution in [0.15, 0.2) is 24.7 Å². The van der Waals surface area contributed by atoms with E-state index in [1.54, 1.807) is 0 Å². The van der Waals surface area contributed by atoms with Gasteiger partial charge in [-0.25, -0.2) is 0 Å². The van der Waals surface area contributed by atoms with Crippen molar-refractivity contribution in [2.75, 3.05) is 19.6 Å². The van der Waals surface area contributed by atoms with Gasteiger partial charge in [0.15, 0.2) is 0 Å². The van der Waals surface area contributed by atoms with Gasteiger partial charge in [-0.05, 0) is 57.3 Å². The summed E-state index contributed by atoms with van der Waals surface area (Å²) >= 11 is 0. The van der Waals surface area contributed by atoms with Gasteiger partial charge in [0.2, 0.25) is 0 Å². The molecule has 1 saturated heterocycles. The summed E-state index contributed by atoms with van der Waals surface area (Å²) in [5, 5.41) is 8.76. The van der Waals surface area contributed by atoms with E-state index in [1.165, 1.54) is 37.2 Å². The van der Waals surface area contributed by atoms with Gasteiger partial charge in [-0.1, -0.05) is 0 Å². The predicted molar refractivity (Wildman–Crippen MR) is 87.9 cm³/mol. The van der Waals surface area contributed by atoms with Crippen molar-refractivity contribution in [3.63, 3.8) is 0 Å². The van der Waals surface area contributed by atoms with E-state index in [9.17, 15) is 0 Å². The molecule has 5 nitrogen and oxygen atoms in total. The van der Waals surface area contributed by atoms with Crippen LogP contribution in [0, 0.1) is 0 Å².